The molecule has 116 valence electrons. The zero-order valence-electron chi connectivity index (χ0n) is 13.1. The van der Waals surface area contributed by atoms with E-state index < -0.39 is 0 Å². The third-order valence-electron chi connectivity index (χ3n) is 4.31. The molecule has 21 heavy (non-hydrogen) atoms. The molecular formula is C17H25FN2O. The van der Waals surface area contributed by atoms with E-state index in [1.54, 1.807) is 26.0 Å². The summed E-state index contributed by atoms with van der Waals surface area (Å²) in [6.07, 6.45) is 4.46. The van der Waals surface area contributed by atoms with Crippen molar-refractivity contribution < 1.29 is 9.18 Å². The van der Waals surface area contributed by atoms with Gasteiger partial charge in [0.15, 0.2) is 0 Å². The Hall–Kier alpha value is -1.58. The maximum atomic E-state index is 13.5. The third kappa shape index (κ3) is 4.45. The molecule has 0 radical (unpaired) electrons. The number of anilines is 1. The van der Waals surface area contributed by atoms with Crippen molar-refractivity contribution >= 4 is 11.6 Å². The number of hydrogen-bond acceptors (Lipinski definition) is 2. The molecule has 0 aliphatic heterocycles. The second-order valence-electron chi connectivity index (χ2n) is 6.30. The number of carbonyl (C=O) groups is 1. The molecule has 1 fully saturated rings. The Bertz CT molecular complexity index is 496. The van der Waals surface area contributed by atoms with E-state index in [0.29, 0.717) is 11.3 Å². The fraction of sp³-hybridized carbons (Fsp3) is 0.588. The average molecular weight is 292 g/mol. The number of halogens is 1. The van der Waals surface area contributed by atoms with Crippen LogP contribution in [0.4, 0.5) is 10.1 Å². The predicted molar refractivity (Wildman–Crippen MR) is 83.8 cm³/mol. The highest BCUT2D eigenvalue weighted by Crippen LogP contribution is 2.23. The number of amides is 1. The van der Waals surface area contributed by atoms with Crippen molar-refractivity contribution in [2.45, 2.75) is 58.5 Å². The first kappa shape index (κ1) is 15.8. The van der Waals surface area contributed by atoms with E-state index in [1.807, 2.05) is 0 Å². The molecule has 1 amide bonds. The number of hydrogen-bond donors (Lipinski definition) is 2. The van der Waals surface area contributed by atoms with Crippen LogP contribution >= 0.6 is 0 Å². The van der Waals surface area contributed by atoms with Gasteiger partial charge >= 0.3 is 0 Å². The van der Waals surface area contributed by atoms with Gasteiger partial charge in [0.25, 0.3) is 0 Å². The molecule has 2 N–H and O–H groups in total. The highest BCUT2D eigenvalue weighted by atomic mass is 19.1. The van der Waals surface area contributed by atoms with Crippen LogP contribution in [0.5, 0.6) is 0 Å². The first-order valence-electron chi connectivity index (χ1n) is 7.78. The molecule has 1 aromatic carbocycles. The van der Waals surface area contributed by atoms with Crippen LogP contribution in [-0.4, -0.2) is 18.0 Å². The summed E-state index contributed by atoms with van der Waals surface area (Å²) in [5, 5.41) is 6.15. The van der Waals surface area contributed by atoms with Gasteiger partial charge in [-0.3, -0.25) is 4.79 Å². The minimum absolute atomic E-state index is 0.0180. The van der Waals surface area contributed by atoms with Crippen molar-refractivity contribution in [2.75, 3.05) is 5.32 Å². The van der Waals surface area contributed by atoms with E-state index in [4.69, 9.17) is 0 Å². The number of rotatable bonds is 4. The quantitative estimate of drug-likeness (QED) is 0.889. The Morgan fingerprint density at radius 1 is 1.29 bits per heavy atom. The lowest BCUT2D eigenvalue weighted by Crippen LogP contribution is -2.44. The van der Waals surface area contributed by atoms with Gasteiger partial charge in [-0.1, -0.05) is 13.0 Å². The van der Waals surface area contributed by atoms with E-state index in [9.17, 15) is 9.18 Å². The van der Waals surface area contributed by atoms with Crippen LogP contribution < -0.4 is 10.6 Å². The zero-order chi connectivity index (χ0) is 15.4. The lowest BCUT2D eigenvalue weighted by Gasteiger charge is -2.28. The summed E-state index contributed by atoms with van der Waals surface area (Å²) >= 11 is 0. The van der Waals surface area contributed by atoms with E-state index in [1.165, 1.54) is 18.9 Å². The largest absolute Gasteiger partial charge is 0.374 e. The lowest BCUT2D eigenvalue weighted by atomic mass is 9.87. The van der Waals surface area contributed by atoms with Gasteiger partial charge in [0, 0.05) is 11.7 Å². The second kappa shape index (κ2) is 6.92. The van der Waals surface area contributed by atoms with Gasteiger partial charge in [-0.2, -0.15) is 0 Å². The maximum Gasteiger partial charge on any atom is 0.242 e. The van der Waals surface area contributed by atoms with Crippen LogP contribution in [0.1, 0.15) is 45.1 Å². The molecule has 0 aromatic heterocycles. The first-order valence-corrected chi connectivity index (χ1v) is 7.78. The molecule has 0 spiro atoms. The van der Waals surface area contributed by atoms with E-state index in [2.05, 4.69) is 17.6 Å². The van der Waals surface area contributed by atoms with Crippen LogP contribution in [0.25, 0.3) is 0 Å². The van der Waals surface area contributed by atoms with Crippen molar-refractivity contribution in [3.63, 3.8) is 0 Å². The normalized spacial score (nSPS) is 23.4. The Kier molecular flexibility index (Phi) is 5.21. The summed E-state index contributed by atoms with van der Waals surface area (Å²) in [6, 6.07) is 4.86. The lowest BCUT2D eigenvalue weighted by molar-refractivity contribution is -0.122. The van der Waals surface area contributed by atoms with Crippen molar-refractivity contribution in [1.82, 2.24) is 5.32 Å². The molecule has 4 heteroatoms. The smallest absolute Gasteiger partial charge is 0.242 e. The fourth-order valence-corrected chi connectivity index (χ4v) is 2.73. The Morgan fingerprint density at radius 3 is 2.57 bits per heavy atom. The van der Waals surface area contributed by atoms with Gasteiger partial charge in [-0.25, -0.2) is 4.39 Å². The highest BCUT2D eigenvalue weighted by Gasteiger charge is 2.22. The highest BCUT2D eigenvalue weighted by molar-refractivity contribution is 5.84. The molecule has 1 atom stereocenters. The van der Waals surface area contributed by atoms with E-state index in [-0.39, 0.29) is 23.8 Å². The van der Waals surface area contributed by atoms with Gasteiger partial charge in [0.05, 0.1) is 0 Å². The van der Waals surface area contributed by atoms with Gasteiger partial charge in [-0.15, -0.1) is 0 Å². The molecule has 0 saturated heterocycles. The second-order valence-corrected chi connectivity index (χ2v) is 6.30. The topological polar surface area (TPSA) is 41.1 Å². The van der Waals surface area contributed by atoms with Crippen molar-refractivity contribution in [2.24, 2.45) is 5.92 Å². The summed E-state index contributed by atoms with van der Waals surface area (Å²) in [5.74, 6) is 0.494. The summed E-state index contributed by atoms with van der Waals surface area (Å²) < 4.78 is 13.5. The summed E-state index contributed by atoms with van der Waals surface area (Å²) in [7, 11) is 0. The van der Waals surface area contributed by atoms with Gasteiger partial charge in [0.1, 0.15) is 11.9 Å². The minimum atomic E-state index is -0.369. The zero-order valence-corrected chi connectivity index (χ0v) is 13.1. The minimum Gasteiger partial charge on any atom is -0.374 e. The Balaban J connectivity index is 1.86. The monoisotopic (exact) mass is 292 g/mol. The molecular weight excluding hydrogens is 267 g/mol. The van der Waals surface area contributed by atoms with Crippen LogP contribution in [0, 0.1) is 18.7 Å². The van der Waals surface area contributed by atoms with Crippen LogP contribution in [0.15, 0.2) is 18.2 Å². The molecule has 1 aliphatic carbocycles. The van der Waals surface area contributed by atoms with Crippen molar-refractivity contribution in [1.29, 1.82) is 0 Å². The maximum absolute atomic E-state index is 13.5. The van der Waals surface area contributed by atoms with E-state index in [0.717, 1.165) is 18.8 Å². The van der Waals surface area contributed by atoms with Gasteiger partial charge < -0.3 is 10.6 Å². The number of benzene rings is 1. The van der Waals surface area contributed by atoms with E-state index >= 15 is 0 Å². The Labute approximate surface area is 126 Å². The van der Waals surface area contributed by atoms with Crippen molar-refractivity contribution in [3.8, 4) is 0 Å². The average Bonchev–Trinajstić information content (AvgIpc) is 2.45. The van der Waals surface area contributed by atoms with Crippen LogP contribution in [0.3, 0.4) is 0 Å². The summed E-state index contributed by atoms with van der Waals surface area (Å²) in [4.78, 5) is 12.2. The molecule has 1 aliphatic rings. The molecule has 1 saturated carbocycles. The number of aryl methyl sites for hydroxylation is 1. The number of carbonyl (C=O) groups excluding carboxylic acids is 1. The molecule has 0 bridgehead atoms. The predicted octanol–water partition coefficient (Wildman–Crippen LogP) is 3.63. The molecule has 3 nitrogen and oxygen atoms in total. The summed E-state index contributed by atoms with van der Waals surface area (Å²) in [6.45, 7) is 5.78. The van der Waals surface area contributed by atoms with Gasteiger partial charge in [-0.05, 0) is 63.1 Å². The van der Waals surface area contributed by atoms with Crippen LogP contribution in [0.2, 0.25) is 0 Å². The molecule has 1 unspecified atom stereocenters. The van der Waals surface area contributed by atoms with Crippen LogP contribution in [-0.2, 0) is 4.79 Å². The molecule has 1 aromatic rings. The van der Waals surface area contributed by atoms with Crippen molar-refractivity contribution in [3.05, 3.63) is 29.6 Å². The first-order chi connectivity index (χ1) is 9.95. The van der Waals surface area contributed by atoms with Gasteiger partial charge in [0.2, 0.25) is 5.91 Å². The molecule has 2 rings (SSSR count). The number of nitrogens with one attached hydrogen (secondary N) is 2. The Morgan fingerprint density at radius 2 is 1.95 bits per heavy atom. The standard InChI is InChI=1S/C17H25FN2O/c1-11-4-7-14(8-5-11)20-17(21)13(3)19-15-9-6-12(2)16(18)10-15/h6,9-11,13-14,19H,4-5,7-8H2,1-3H3,(H,20,21). The summed E-state index contributed by atoms with van der Waals surface area (Å²) in [5.41, 5.74) is 1.24. The molecule has 0 heterocycles. The fourth-order valence-electron chi connectivity index (χ4n) is 2.73. The third-order valence-corrected chi connectivity index (χ3v) is 4.31. The SMILES string of the molecule is Cc1ccc(NC(C)C(=O)NC2CCC(C)CC2)cc1F.